The highest BCUT2D eigenvalue weighted by Gasteiger charge is 2.24. The van der Waals surface area contributed by atoms with Crippen LogP contribution in [0, 0.1) is 5.92 Å². The van der Waals surface area contributed by atoms with E-state index in [1.807, 2.05) is 42.7 Å². The van der Waals surface area contributed by atoms with E-state index in [1.54, 1.807) is 0 Å². The van der Waals surface area contributed by atoms with Gasteiger partial charge in [-0.3, -0.25) is 0 Å². The van der Waals surface area contributed by atoms with E-state index < -0.39 is 0 Å². The highest BCUT2D eigenvalue weighted by molar-refractivity contribution is 5.53. The molecule has 0 aliphatic carbocycles. The van der Waals surface area contributed by atoms with Crippen molar-refractivity contribution in [1.82, 2.24) is 9.55 Å². The molecule has 19 heavy (non-hydrogen) atoms. The van der Waals surface area contributed by atoms with E-state index in [2.05, 4.69) is 21.8 Å². The van der Waals surface area contributed by atoms with Crippen LogP contribution in [0.15, 0.2) is 42.7 Å². The van der Waals surface area contributed by atoms with E-state index in [1.165, 1.54) is 0 Å². The van der Waals surface area contributed by atoms with Crippen LogP contribution in [0.5, 0.6) is 0 Å². The minimum atomic E-state index is 0.399. The molecule has 2 heterocycles. The molecule has 4 heteroatoms. The molecule has 0 saturated carbocycles. The summed E-state index contributed by atoms with van der Waals surface area (Å²) < 4.78 is 7.68. The average Bonchev–Trinajstić information content (AvgIpc) is 3.10. The zero-order chi connectivity index (χ0) is 13.1. The van der Waals surface area contributed by atoms with Gasteiger partial charge in [0.05, 0.1) is 6.61 Å². The fraction of sp³-hybridized carbons (Fsp3) is 0.400. The van der Waals surface area contributed by atoms with E-state index in [9.17, 15) is 0 Å². The first-order chi connectivity index (χ1) is 9.34. The van der Waals surface area contributed by atoms with Crippen LogP contribution in [0.2, 0.25) is 0 Å². The summed E-state index contributed by atoms with van der Waals surface area (Å²) in [7, 11) is 0. The number of hydrogen-bond acceptors (Lipinski definition) is 3. The molecule has 0 bridgehead atoms. The maximum Gasteiger partial charge on any atom is 0.207 e. The topological polar surface area (TPSA) is 39.1 Å². The van der Waals surface area contributed by atoms with Gasteiger partial charge in [-0.05, 0) is 25.5 Å². The maximum absolute atomic E-state index is 5.48. The van der Waals surface area contributed by atoms with Gasteiger partial charge in [0, 0.05) is 36.6 Å². The lowest BCUT2D eigenvalue weighted by molar-refractivity contribution is 0.175. The van der Waals surface area contributed by atoms with E-state index in [0.29, 0.717) is 12.0 Å². The fourth-order valence-electron chi connectivity index (χ4n) is 2.55. The van der Waals surface area contributed by atoms with Crippen LogP contribution in [0.25, 0.3) is 0 Å². The Kier molecular flexibility index (Phi) is 3.51. The number of anilines is 2. The Hall–Kier alpha value is -1.81. The Labute approximate surface area is 113 Å². The molecule has 100 valence electrons. The van der Waals surface area contributed by atoms with Crippen LogP contribution in [0.4, 0.5) is 11.6 Å². The Morgan fingerprint density at radius 1 is 1.37 bits per heavy atom. The van der Waals surface area contributed by atoms with Crippen molar-refractivity contribution in [2.75, 3.05) is 18.5 Å². The third kappa shape index (κ3) is 2.63. The molecule has 0 amide bonds. The van der Waals surface area contributed by atoms with Gasteiger partial charge in [-0.1, -0.05) is 18.2 Å². The zero-order valence-corrected chi connectivity index (χ0v) is 11.1. The van der Waals surface area contributed by atoms with Gasteiger partial charge in [0.1, 0.15) is 0 Å². The minimum absolute atomic E-state index is 0.399. The van der Waals surface area contributed by atoms with Crippen LogP contribution >= 0.6 is 0 Å². The van der Waals surface area contributed by atoms with Crippen LogP contribution in [-0.4, -0.2) is 22.8 Å². The molecular weight excluding hydrogens is 238 g/mol. The van der Waals surface area contributed by atoms with Crippen LogP contribution in [-0.2, 0) is 4.74 Å². The second-order valence-corrected chi connectivity index (χ2v) is 5.01. The predicted molar refractivity (Wildman–Crippen MR) is 75.6 cm³/mol. The number of rotatable bonds is 4. The molecule has 1 aromatic heterocycles. The summed E-state index contributed by atoms with van der Waals surface area (Å²) >= 11 is 0. The number of nitrogens with one attached hydrogen (secondary N) is 1. The van der Waals surface area contributed by atoms with Gasteiger partial charge in [-0.2, -0.15) is 0 Å². The summed E-state index contributed by atoms with van der Waals surface area (Å²) in [5.74, 6) is 1.47. The quantitative estimate of drug-likeness (QED) is 0.914. The number of imidazole rings is 1. The van der Waals surface area contributed by atoms with Crippen molar-refractivity contribution in [1.29, 1.82) is 0 Å². The van der Waals surface area contributed by atoms with Crippen molar-refractivity contribution in [3.63, 3.8) is 0 Å². The zero-order valence-electron chi connectivity index (χ0n) is 11.1. The first-order valence-electron chi connectivity index (χ1n) is 6.77. The molecule has 1 saturated heterocycles. The summed E-state index contributed by atoms with van der Waals surface area (Å²) in [6.45, 7) is 3.96. The molecule has 1 N–H and O–H groups in total. The minimum Gasteiger partial charge on any atom is -0.381 e. The summed E-state index contributed by atoms with van der Waals surface area (Å²) in [5.41, 5.74) is 1.06. The standard InChI is InChI=1S/C15H19N3O/c1-12(13-7-10-19-11-13)18-9-8-16-15(18)17-14-5-3-2-4-6-14/h2-6,8-9,12-13H,7,10-11H2,1H3,(H,16,17). The van der Waals surface area contributed by atoms with Gasteiger partial charge in [0.25, 0.3) is 0 Å². The number of para-hydroxylation sites is 1. The van der Waals surface area contributed by atoms with Crippen LogP contribution in [0.3, 0.4) is 0 Å². The number of ether oxygens (including phenoxy) is 1. The van der Waals surface area contributed by atoms with Gasteiger partial charge in [-0.15, -0.1) is 0 Å². The normalized spacial score (nSPS) is 20.4. The van der Waals surface area contributed by atoms with Crippen molar-refractivity contribution in [3.8, 4) is 0 Å². The van der Waals surface area contributed by atoms with E-state index in [-0.39, 0.29) is 0 Å². The smallest absolute Gasteiger partial charge is 0.207 e. The molecule has 1 fully saturated rings. The van der Waals surface area contributed by atoms with Gasteiger partial charge < -0.3 is 14.6 Å². The number of nitrogens with zero attached hydrogens (tertiary/aromatic N) is 2. The fourth-order valence-corrected chi connectivity index (χ4v) is 2.55. The van der Waals surface area contributed by atoms with Crippen molar-refractivity contribution >= 4 is 11.6 Å². The molecule has 2 unspecified atom stereocenters. The molecular formula is C15H19N3O. The first-order valence-corrected chi connectivity index (χ1v) is 6.77. The lowest BCUT2D eigenvalue weighted by atomic mass is 10.0. The van der Waals surface area contributed by atoms with Crippen LogP contribution in [0.1, 0.15) is 19.4 Å². The summed E-state index contributed by atoms with van der Waals surface area (Å²) in [6, 6.07) is 10.5. The van der Waals surface area contributed by atoms with Crippen molar-refractivity contribution in [3.05, 3.63) is 42.7 Å². The van der Waals surface area contributed by atoms with Gasteiger partial charge in [-0.25, -0.2) is 4.98 Å². The lowest BCUT2D eigenvalue weighted by Crippen LogP contribution is -2.17. The van der Waals surface area contributed by atoms with Crippen molar-refractivity contribution in [2.45, 2.75) is 19.4 Å². The summed E-state index contributed by atoms with van der Waals surface area (Å²) in [5, 5.41) is 3.37. The van der Waals surface area contributed by atoms with E-state index >= 15 is 0 Å². The molecule has 2 atom stereocenters. The van der Waals surface area contributed by atoms with E-state index in [4.69, 9.17) is 4.74 Å². The second-order valence-electron chi connectivity index (χ2n) is 5.01. The molecule has 1 aromatic carbocycles. The Balaban J connectivity index is 1.78. The molecule has 1 aliphatic heterocycles. The SMILES string of the molecule is CC(C1CCOC1)n1ccnc1Nc1ccccc1. The first kappa shape index (κ1) is 12.2. The second kappa shape index (κ2) is 5.45. The summed E-state index contributed by atoms with van der Waals surface area (Å²) in [6.07, 6.45) is 5.01. The van der Waals surface area contributed by atoms with Gasteiger partial charge >= 0.3 is 0 Å². The molecule has 4 nitrogen and oxygen atoms in total. The number of benzene rings is 1. The molecule has 1 aliphatic rings. The predicted octanol–water partition coefficient (Wildman–Crippen LogP) is 3.22. The molecule has 0 radical (unpaired) electrons. The van der Waals surface area contributed by atoms with Crippen molar-refractivity contribution in [2.24, 2.45) is 5.92 Å². The Morgan fingerprint density at radius 2 is 2.21 bits per heavy atom. The highest BCUT2D eigenvalue weighted by Crippen LogP contribution is 2.29. The average molecular weight is 257 g/mol. The monoisotopic (exact) mass is 257 g/mol. The van der Waals surface area contributed by atoms with Gasteiger partial charge in [0.2, 0.25) is 5.95 Å². The molecule has 3 rings (SSSR count). The largest absolute Gasteiger partial charge is 0.381 e. The van der Waals surface area contributed by atoms with Gasteiger partial charge in [0.15, 0.2) is 0 Å². The Bertz CT molecular complexity index is 517. The number of aromatic nitrogens is 2. The molecule has 2 aromatic rings. The third-order valence-electron chi connectivity index (χ3n) is 3.78. The highest BCUT2D eigenvalue weighted by atomic mass is 16.5. The van der Waals surface area contributed by atoms with Crippen LogP contribution < -0.4 is 5.32 Å². The maximum atomic E-state index is 5.48. The Morgan fingerprint density at radius 3 is 2.95 bits per heavy atom. The summed E-state index contributed by atoms with van der Waals surface area (Å²) in [4.78, 5) is 4.41. The lowest BCUT2D eigenvalue weighted by Gasteiger charge is -2.21. The number of hydrogen-bond donors (Lipinski definition) is 1. The van der Waals surface area contributed by atoms with E-state index in [0.717, 1.165) is 31.3 Å². The van der Waals surface area contributed by atoms with Crippen molar-refractivity contribution < 1.29 is 4.74 Å². The third-order valence-corrected chi connectivity index (χ3v) is 3.78. The molecule has 0 spiro atoms.